The first-order valence-corrected chi connectivity index (χ1v) is 3.32. The summed E-state index contributed by atoms with van der Waals surface area (Å²) >= 11 is 0. The van der Waals surface area contributed by atoms with Gasteiger partial charge in [0.2, 0.25) is 0 Å². The average Bonchev–Trinajstić information content (AvgIpc) is 2.13. The quantitative estimate of drug-likeness (QED) is 0.501. The monoisotopic (exact) mass is 134 g/mol. The van der Waals surface area contributed by atoms with Crippen molar-refractivity contribution >= 4 is 6.29 Å². The van der Waals surface area contributed by atoms with Gasteiger partial charge in [-0.3, -0.25) is 4.79 Å². The fourth-order valence-electron chi connectivity index (χ4n) is 0.898. The lowest BCUT2D eigenvalue weighted by atomic mass is 10.2. The minimum absolute atomic E-state index is 0.756. The highest BCUT2D eigenvalue weighted by molar-refractivity contribution is 5.78. The molecule has 0 aromatic heterocycles. The molecular formula is C9H10O. The van der Waals surface area contributed by atoms with Crippen LogP contribution < -0.4 is 0 Å². The summed E-state index contributed by atoms with van der Waals surface area (Å²) in [6, 6.07) is 0. The third-order valence-corrected chi connectivity index (χ3v) is 1.41. The smallest absolute Gasteiger partial charge is 0.150 e. The molecule has 0 amide bonds. The summed E-state index contributed by atoms with van der Waals surface area (Å²) in [6.45, 7) is 2.02. The molecule has 0 spiro atoms. The van der Waals surface area contributed by atoms with E-state index in [1.807, 2.05) is 31.2 Å². The maximum atomic E-state index is 10.3. The SMILES string of the molecule is CC1=CC(C=O)=CC=CC1. The van der Waals surface area contributed by atoms with Crippen LogP contribution in [0.4, 0.5) is 0 Å². The van der Waals surface area contributed by atoms with E-state index in [9.17, 15) is 4.79 Å². The molecule has 0 aromatic carbocycles. The van der Waals surface area contributed by atoms with E-state index in [4.69, 9.17) is 0 Å². The zero-order chi connectivity index (χ0) is 7.40. The van der Waals surface area contributed by atoms with Gasteiger partial charge >= 0.3 is 0 Å². The van der Waals surface area contributed by atoms with E-state index in [1.54, 1.807) is 0 Å². The lowest BCUT2D eigenvalue weighted by molar-refractivity contribution is -0.104. The van der Waals surface area contributed by atoms with Crippen molar-refractivity contribution in [3.63, 3.8) is 0 Å². The molecule has 0 aromatic rings. The maximum Gasteiger partial charge on any atom is 0.150 e. The minimum atomic E-state index is 0.756. The van der Waals surface area contributed by atoms with Gasteiger partial charge < -0.3 is 0 Å². The van der Waals surface area contributed by atoms with Gasteiger partial charge in [0.1, 0.15) is 6.29 Å². The van der Waals surface area contributed by atoms with Crippen LogP contribution in [0.3, 0.4) is 0 Å². The summed E-state index contributed by atoms with van der Waals surface area (Å²) in [7, 11) is 0. The Kier molecular flexibility index (Phi) is 2.21. The van der Waals surface area contributed by atoms with Crippen LogP contribution in [-0.2, 0) is 4.79 Å². The van der Waals surface area contributed by atoms with E-state index in [0.717, 1.165) is 18.3 Å². The van der Waals surface area contributed by atoms with Crippen LogP contribution in [-0.4, -0.2) is 6.29 Å². The van der Waals surface area contributed by atoms with Gasteiger partial charge in [0.25, 0.3) is 0 Å². The highest BCUT2D eigenvalue weighted by Crippen LogP contribution is 2.09. The van der Waals surface area contributed by atoms with Crippen LogP contribution in [0.5, 0.6) is 0 Å². The lowest BCUT2D eigenvalue weighted by Gasteiger charge is -1.90. The highest BCUT2D eigenvalue weighted by atomic mass is 16.1. The van der Waals surface area contributed by atoms with Crippen LogP contribution >= 0.6 is 0 Å². The Morgan fingerprint density at radius 2 is 2.40 bits per heavy atom. The van der Waals surface area contributed by atoms with Crippen LogP contribution in [0.25, 0.3) is 0 Å². The normalized spacial score (nSPS) is 17.3. The molecule has 0 atom stereocenters. The first-order valence-electron chi connectivity index (χ1n) is 3.32. The molecule has 0 saturated heterocycles. The number of aldehydes is 1. The van der Waals surface area contributed by atoms with E-state index in [-0.39, 0.29) is 0 Å². The number of allylic oxidation sites excluding steroid dienone is 6. The zero-order valence-corrected chi connectivity index (χ0v) is 6.00. The fraction of sp³-hybridized carbons (Fsp3) is 0.222. The van der Waals surface area contributed by atoms with Crippen molar-refractivity contribution in [3.8, 4) is 0 Å². The van der Waals surface area contributed by atoms with Gasteiger partial charge in [-0.25, -0.2) is 0 Å². The first kappa shape index (κ1) is 7.00. The van der Waals surface area contributed by atoms with Gasteiger partial charge in [-0.05, 0) is 13.3 Å². The van der Waals surface area contributed by atoms with Crippen molar-refractivity contribution in [2.24, 2.45) is 0 Å². The van der Waals surface area contributed by atoms with E-state index in [0.29, 0.717) is 0 Å². The third-order valence-electron chi connectivity index (χ3n) is 1.41. The average molecular weight is 134 g/mol. The third kappa shape index (κ3) is 1.69. The molecule has 52 valence electrons. The second-order valence-electron chi connectivity index (χ2n) is 2.41. The maximum absolute atomic E-state index is 10.3. The van der Waals surface area contributed by atoms with Gasteiger partial charge in [-0.15, -0.1) is 0 Å². The molecule has 1 heteroatoms. The van der Waals surface area contributed by atoms with Gasteiger partial charge in [-0.2, -0.15) is 0 Å². The molecule has 0 saturated carbocycles. The molecule has 0 N–H and O–H groups in total. The van der Waals surface area contributed by atoms with Crippen LogP contribution in [0.2, 0.25) is 0 Å². The summed E-state index contributed by atoms with van der Waals surface area (Å²) in [6.07, 6.45) is 9.52. The zero-order valence-electron chi connectivity index (χ0n) is 6.00. The summed E-state index contributed by atoms with van der Waals surface area (Å²) in [5, 5.41) is 0. The van der Waals surface area contributed by atoms with Crippen molar-refractivity contribution in [1.29, 1.82) is 0 Å². The molecule has 0 aliphatic heterocycles. The number of hydrogen-bond acceptors (Lipinski definition) is 1. The number of carbonyl (C=O) groups is 1. The molecule has 10 heavy (non-hydrogen) atoms. The predicted molar refractivity (Wildman–Crippen MR) is 41.7 cm³/mol. The van der Waals surface area contributed by atoms with E-state index in [1.165, 1.54) is 5.57 Å². The summed E-state index contributed by atoms with van der Waals surface area (Å²) in [4.78, 5) is 10.3. The van der Waals surface area contributed by atoms with Crippen LogP contribution in [0.15, 0.2) is 35.5 Å². The Labute approximate surface area is 60.7 Å². The molecule has 0 fully saturated rings. The molecular weight excluding hydrogens is 124 g/mol. The molecule has 0 unspecified atom stereocenters. The van der Waals surface area contributed by atoms with E-state index in [2.05, 4.69) is 0 Å². The molecule has 1 rings (SSSR count). The Balaban J connectivity index is 2.88. The van der Waals surface area contributed by atoms with Crippen molar-refractivity contribution in [2.45, 2.75) is 13.3 Å². The molecule has 0 heterocycles. The first-order chi connectivity index (χ1) is 4.83. The number of rotatable bonds is 1. The van der Waals surface area contributed by atoms with Crippen LogP contribution in [0.1, 0.15) is 13.3 Å². The van der Waals surface area contributed by atoms with Crippen molar-refractivity contribution in [2.75, 3.05) is 0 Å². The Bertz CT molecular complexity index is 219. The minimum Gasteiger partial charge on any atom is -0.298 e. The molecule has 1 aliphatic rings. The van der Waals surface area contributed by atoms with E-state index >= 15 is 0 Å². The highest BCUT2D eigenvalue weighted by Gasteiger charge is 1.93. The summed E-state index contributed by atoms with van der Waals surface area (Å²) < 4.78 is 0. The van der Waals surface area contributed by atoms with Crippen LogP contribution in [0, 0.1) is 0 Å². The molecule has 0 radical (unpaired) electrons. The Morgan fingerprint density at radius 1 is 1.60 bits per heavy atom. The molecule has 0 bridgehead atoms. The lowest BCUT2D eigenvalue weighted by Crippen LogP contribution is -1.78. The van der Waals surface area contributed by atoms with Crippen molar-refractivity contribution in [1.82, 2.24) is 0 Å². The Morgan fingerprint density at radius 3 is 3.10 bits per heavy atom. The standard InChI is InChI=1S/C9H10O/c1-8-4-2-3-5-9(6-8)7-10/h2-3,5-7H,4H2,1H3. The van der Waals surface area contributed by atoms with Gasteiger partial charge in [-0.1, -0.05) is 29.9 Å². The Hall–Kier alpha value is -1.11. The topological polar surface area (TPSA) is 17.1 Å². The van der Waals surface area contributed by atoms with Gasteiger partial charge in [0, 0.05) is 5.57 Å². The predicted octanol–water partition coefficient (Wildman–Crippen LogP) is 2.02. The molecule has 1 nitrogen and oxygen atoms in total. The number of carbonyl (C=O) groups excluding carboxylic acids is 1. The largest absolute Gasteiger partial charge is 0.298 e. The van der Waals surface area contributed by atoms with Crippen molar-refractivity contribution < 1.29 is 4.79 Å². The van der Waals surface area contributed by atoms with E-state index < -0.39 is 0 Å². The summed E-state index contributed by atoms with van der Waals surface area (Å²) in [5.41, 5.74) is 1.98. The van der Waals surface area contributed by atoms with Gasteiger partial charge in [0.05, 0.1) is 0 Å². The fourth-order valence-corrected chi connectivity index (χ4v) is 0.898. The number of hydrogen-bond donors (Lipinski definition) is 0. The summed E-state index contributed by atoms with van der Waals surface area (Å²) in [5.74, 6) is 0. The van der Waals surface area contributed by atoms with Gasteiger partial charge in [0.15, 0.2) is 0 Å². The molecule has 1 aliphatic carbocycles. The van der Waals surface area contributed by atoms with Crippen molar-refractivity contribution in [3.05, 3.63) is 35.5 Å². The second-order valence-corrected chi connectivity index (χ2v) is 2.41. The second kappa shape index (κ2) is 3.16.